The number of aromatic nitrogens is 3. The lowest BCUT2D eigenvalue weighted by Crippen LogP contribution is -2.12. The molecule has 0 spiro atoms. The minimum absolute atomic E-state index is 0.0218. The molecule has 4 aromatic rings. The van der Waals surface area contributed by atoms with Crippen LogP contribution >= 0.6 is 11.3 Å². The number of nitrogens with zero attached hydrogens (tertiary/aromatic N) is 3. The number of sulfonamides is 1. The number of primary sulfonamides is 1. The molecule has 4 N–H and O–H groups in total. The molecule has 0 bridgehead atoms. The van der Waals surface area contributed by atoms with Crippen molar-refractivity contribution < 1.29 is 18.3 Å². The van der Waals surface area contributed by atoms with Gasteiger partial charge in [0.1, 0.15) is 0 Å². The van der Waals surface area contributed by atoms with Gasteiger partial charge in [-0.1, -0.05) is 6.07 Å². The number of carboxylic acids is 1. The molecule has 2 aromatic heterocycles. The van der Waals surface area contributed by atoms with Crippen LogP contribution in [0.5, 0.6) is 0 Å². The van der Waals surface area contributed by atoms with Crippen LogP contribution < -0.4 is 10.5 Å². The second-order valence-electron chi connectivity index (χ2n) is 5.57. The Kier molecular flexibility index (Phi) is 3.98. The number of anilines is 2. The normalized spacial score (nSPS) is 11.7. The molecule has 0 unspecified atom stereocenters. The molecular formula is C16H11N5O4S2. The highest BCUT2D eigenvalue weighted by atomic mass is 32.2. The number of nitrogens with two attached hydrogens (primary N) is 1. The molecule has 0 aliphatic heterocycles. The summed E-state index contributed by atoms with van der Waals surface area (Å²) in [6.45, 7) is 0. The van der Waals surface area contributed by atoms with Gasteiger partial charge in [-0.2, -0.15) is 0 Å². The summed E-state index contributed by atoms with van der Waals surface area (Å²) in [5.74, 6) is -0.872. The number of aromatic carboxylic acids is 1. The number of fused-ring (bicyclic) bond motifs is 3. The lowest BCUT2D eigenvalue weighted by Gasteiger charge is -2.07. The van der Waals surface area contributed by atoms with Crippen molar-refractivity contribution >= 4 is 60.1 Å². The second kappa shape index (κ2) is 6.23. The van der Waals surface area contributed by atoms with Gasteiger partial charge in [-0.3, -0.25) is 0 Å². The lowest BCUT2D eigenvalue weighted by molar-refractivity contribution is 0.0696. The smallest absolute Gasteiger partial charge is 0.365 e. The average molecular weight is 401 g/mol. The van der Waals surface area contributed by atoms with E-state index >= 15 is 0 Å². The van der Waals surface area contributed by atoms with Crippen LogP contribution in [0.4, 0.5) is 11.6 Å². The Balaban J connectivity index is 1.79. The Morgan fingerprint density at radius 1 is 1.19 bits per heavy atom. The zero-order valence-corrected chi connectivity index (χ0v) is 15.1. The van der Waals surface area contributed by atoms with Crippen LogP contribution in [0.2, 0.25) is 0 Å². The number of hydrogen-bond donors (Lipinski definition) is 3. The SMILES string of the molecule is NS(=O)(=O)c1cccc(Nc2ncc3ccc4nc(C(=O)O)sc4c3n2)c1. The van der Waals surface area contributed by atoms with Gasteiger partial charge in [0.25, 0.3) is 0 Å². The summed E-state index contributed by atoms with van der Waals surface area (Å²) in [5, 5.41) is 17.9. The molecule has 27 heavy (non-hydrogen) atoms. The highest BCUT2D eigenvalue weighted by Gasteiger charge is 2.14. The molecule has 0 aliphatic carbocycles. The summed E-state index contributed by atoms with van der Waals surface area (Å²) in [6, 6.07) is 9.43. The minimum atomic E-state index is -3.83. The summed E-state index contributed by atoms with van der Waals surface area (Å²) in [4.78, 5) is 23.9. The van der Waals surface area contributed by atoms with Gasteiger partial charge in [0.15, 0.2) is 0 Å². The molecular weight excluding hydrogens is 390 g/mol. The Bertz CT molecular complexity index is 1320. The van der Waals surface area contributed by atoms with Gasteiger partial charge in [-0.15, -0.1) is 11.3 Å². The maximum atomic E-state index is 11.5. The molecule has 2 aromatic carbocycles. The first-order valence-electron chi connectivity index (χ1n) is 7.51. The fraction of sp³-hybridized carbons (Fsp3) is 0. The van der Waals surface area contributed by atoms with Crippen molar-refractivity contribution in [1.29, 1.82) is 0 Å². The van der Waals surface area contributed by atoms with E-state index < -0.39 is 16.0 Å². The second-order valence-corrected chi connectivity index (χ2v) is 8.13. The maximum Gasteiger partial charge on any atom is 0.365 e. The van der Waals surface area contributed by atoms with Gasteiger partial charge in [0, 0.05) is 17.3 Å². The van der Waals surface area contributed by atoms with Crippen LogP contribution in [0.25, 0.3) is 21.1 Å². The molecule has 2 heterocycles. The van der Waals surface area contributed by atoms with Crippen molar-refractivity contribution in [2.24, 2.45) is 5.14 Å². The van der Waals surface area contributed by atoms with E-state index in [0.717, 1.165) is 16.7 Å². The molecule has 0 aliphatic rings. The molecule has 0 saturated carbocycles. The summed E-state index contributed by atoms with van der Waals surface area (Å²) in [7, 11) is -3.83. The maximum absolute atomic E-state index is 11.5. The van der Waals surface area contributed by atoms with Crippen molar-refractivity contribution in [3.05, 3.63) is 47.6 Å². The van der Waals surface area contributed by atoms with Crippen LogP contribution in [-0.4, -0.2) is 34.4 Å². The standard InChI is InChI=1S/C16H11N5O4S2/c17-27(24,25)10-3-1-2-9(6-10)19-16-18-7-8-4-5-11-13(12(8)21-16)26-14(20-11)15(22)23/h1-7H,(H,22,23)(H2,17,24,25)(H,18,19,21). The molecule has 0 radical (unpaired) electrons. The zero-order valence-electron chi connectivity index (χ0n) is 13.4. The van der Waals surface area contributed by atoms with Crippen molar-refractivity contribution in [2.75, 3.05) is 5.32 Å². The van der Waals surface area contributed by atoms with Gasteiger partial charge >= 0.3 is 5.97 Å². The van der Waals surface area contributed by atoms with Crippen LogP contribution in [0.15, 0.2) is 47.5 Å². The quantitative estimate of drug-likeness (QED) is 0.472. The lowest BCUT2D eigenvalue weighted by atomic mass is 10.2. The predicted octanol–water partition coefficient (Wildman–Crippen LogP) is 2.33. The number of hydrogen-bond acceptors (Lipinski definition) is 8. The number of nitrogens with one attached hydrogen (secondary N) is 1. The van der Waals surface area contributed by atoms with Crippen molar-refractivity contribution in [3.8, 4) is 0 Å². The molecule has 0 atom stereocenters. The summed E-state index contributed by atoms with van der Waals surface area (Å²) < 4.78 is 23.6. The molecule has 4 rings (SSSR count). The third-order valence-electron chi connectivity index (χ3n) is 3.71. The van der Waals surface area contributed by atoms with E-state index in [1.165, 1.54) is 12.1 Å². The molecule has 0 saturated heterocycles. The fourth-order valence-electron chi connectivity index (χ4n) is 2.51. The van der Waals surface area contributed by atoms with E-state index in [1.54, 1.807) is 30.5 Å². The van der Waals surface area contributed by atoms with Crippen LogP contribution in [0, 0.1) is 0 Å². The van der Waals surface area contributed by atoms with Crippen LogP contribution in [0.1, 0.15) is 9.80 Å². The van der Waals surface area contributed by atoms with Crippen LogP contribution in [-0.2, 0) is 10.0 Å². The number of rotatable bonds is 4. The van der Waals surface area contributed by atoms with Gasteiger partial charge in [-0.25, -0.2) is 33.3 Å². The summed E-state index contributed by atoms with van der Waals surface area (Å²) in [5.41, 5.74) is 1.53. The molecule has 0 amide bonds. The molecule has 136 valence electrons. The van der Waals surface area contributed by atoms with Gasteiger partial charge in [0.2, 0.25) is 21.0 Å². The first-order valence-corrected chi connectivity index (χ1v) is 9.87. The molecule has 11 heteroatoms. The van der Waals surface area contributed by atoms with E-state index in [0.29, 0.717) is 21.4 Å². The first kappa shape index (κ1) is 17.3. The Morgan fingerprint density at radius 2 is 2.00 bits per heavy atom. The number of thiazole rings is 1. The van der Waals surface area contributed by atoms with Crippen molar-refractivity contribution in [3.63, 3.8) is 0 Å². The first-order chi connectivity index (χ1) is 12.8. The van der Waals surface area contributed by atoms with E-state index in [-0.39, 0.29) is 15.9 Å². The average Bonchev–Trinajstić information content (AvgIpc) is 3.06. The van der Waals surface area contributed by atoms with Gasteiger partial charge in [0.05, 0.1) is 20.6 Å². The summed E-state index contributed by atoms with van der Waals surface area (Å²) >= 11 is 1.03. The van der Waals surface area contributed by atoms with E-state index in [2.05, 4.69) is 20.3 Å². The van der Waals surface area contributed by atoms with E-state index in [1.807, 2.05) is 0 Å². The summed E-state index contributed by atoms with van der Waals surface area (Å²) in [6.07, 6.45) is 1.59. The number of benzene rings is 2. The molecule has 9 nitrogen and oxygen atoms in total. The van der Waals surface area contributed by atoms with Gasteiger partial charge in [-0.05, 0) is 30.3 Å². The highest BCUT2D eigenvalue weighted by molar-refractivity contribution is 7.89. The largest absolute Gasteiger partial charge is 0.476 e. The predicted molar refractivity (Wildman–Crippen MR) is 101 cm³/mol. The highest BCUT2D eigenvalue weighted by Crippen LogP contribution is 2.30. The number of carbonyl (C=O) groups is 1. The third-order valence-corrected chi connectivity index (χ3v) is 5.68. The van der Waals surface area contributed by atoms with E-state index in [4.69, 9.17) is 10.2 Å². The Morgan fingerprint density at radius 3 is 2.74 bits per heavy atom. The minimum Gasteiger partial charge on any atom is -0.476 e. The zero-order chi connectivity index (χ0) is 19.2. The Labute approximate surface area is 156 Å². The fourth-order valence-corrected chi connectivity index (χ4v) is 3.97. The van der Waals surface area contributed by atoms with E-state index in [9.17, 15) is 13.2 Å². The third kappa shape index (κ3) is 3.30. The topological polar surface area (TPSA) is 148 Å². The monoisotopic (exact) mass is 401 g/mol. The molecule has 0 fully saturated rings. The van der Waals surface area contributed by atoms with Crippen LogP contribution in [0.3, 0.4) is 0 Å². The Hall–Kier alpha value is -3.15. The van der Waals surface area contributed by atoms with Crippen molar-refractivity contribution in [2.45, 2.75) is 4.90 Å². The van der Waals surface area contributed by atoms with Crippen molar-refractivity contribution in [1.82, 2.24) is 15.0 Å². The van der Waals surface area contributed by atoms with Gasteiger partial charge < -0.3 is 10.4 Å². The number of carboxylic acid groups (broad SMARTS) is 1.